The van der Waals surface area contributed by atoms with Gasteiger partial charge < -0.3 is 15.0 Å². The minimum Gasteiger partial charge on any atom is -0.483 e. The van der Waals surface area contributed by atoms with Gasteiger partial charge in [0.05, 0.1) is 22.5 Å². The van der Waals surface area contributed by atoms with E-state index in [1.807, 2.05) is 30.3 Å². The number of nitrogens with zero attached hydrogens (tertiary/aromatic N) is 1. The van der Waals surface area contributed by atoms with Gasteiger partial charge >= 0.3 is 4.87 Å². The van der Waals surface area contributed by atoms with Crippen LogP contribution in [-0.2, 0) is 14.4 Å². The molecule has 4 unspecified atom stereocenters. The number of benzene rings is 3. The average molecular weight is 802 g/mol. The molecule has 7 atom stereocenters. The predicted octanol–water partition coefficient (Wildman–Crippen LogP) is 7.31. The minimum absolute atomic E-state index is 0.0115. The Kier molecular flexibility index (Phi) is 7.71. The number of thiazole rings is 1. The lowest BCUT2D eigenvalue weighted by Crippen LogP contribution is -2.42. The maximum absolute atomic E-state index is 14.1. The van der Waals surface area contributed by atoms with Gasteiger partial charge in [-0.1, -0.05) is 54.8 Å². The summed E-state index contributed by atoms with van der Waals surface area (Å²) in [6.45, 7) is -0.227. The van der Waals surface area contributed by atoms with Crippen molar-refractivity contribution in [2.45, 2.75) is 22.6 Å². The molecule has 8 nitrogen and oxygen atoms in total. The first-order valence-corrected chi connectivity index (χ1v) is 18.3. The molecule has 4 aliphatic rings. The zero-order valence-corrected chi connectivity index (χ0v) is 29.3. The van der Waals surface area contributed by atoms with Gasteiger partial charge in [0, 0.05) is 41.3 Å². The fourth-order valence-corrected chi connectivity index (χ4v) is 11.6. The fourth-order valence-electron chi connectivity index (χ4n) is 7.98. The van der Waals surface area contributed by atoms with Crippen LogP contribution in [0.4, 0.5) is 11.4 Å². The summed E-state index contributed by atoms with van der Waals surface area (Å²) in [5.74, 6) is -1.25. The van der Waals surface area contributed by atoms with E-state index >= 15 is 0 Å². The smallest absolute Gasteiger partial charge is 0.305 e. The highest BCUT2D eigenvalue weighted by atomic mass is 79.9. The third kappa shape index (κ3) is 4.99. The third-order valence-corrected chi connectivity index (χ3v) is 13.5. The molecule has 2 bridgehead atoms. The maximum atomic E-state index is 14.1. The second kappa shape index (κ2) is 11.7. The van der Waals surface area contributed by atoms with E-state index in [1.165, 1.54) is 16.2 Å². The number of aromatic nitrogens is 1. The van der Waals surface area contributed by atoms with Crippen LogP contribution in [0.5, 0.6) is 5.75 Å². The SMILES string of the molecule is O=C(COc1ccc(Br)cc1[C@H]1c2sc(=O)[nH]c2SC2C1[C@H]1C[C@@H]2C2C(=O)N(c3ccc(Br)cc3)C(=O)C21)Nc1ccc(Cl)cc1. The molecule has 2 saturated carbocycles. The number of anilines is 2. The molecule has 234 valence electrons. The quantitative estimate of drug-likeness (QED) is 0.198. The molecular formula is C33H24Br2ClN3O5S2. The molecule has 0 radical (unpaired) electrons. The van der Waals surface area contributed by atoms with Gasteiger partial charge in [0.15, 0.2) is 6.61 Å². The fraction of sp³-hybridized carbons (Fsp3) is 0.273. The average Bonchev–Trinajstić information content (AvgIpc) is 3.77. The summed E-state index contributed by atoms with van der Waals surface area (Å²) in [5, 5.41) is 4.22. The lowest BCUT2D eigenvalue weighted by molar-refractivity contribution is -0.123. The van der Waals surface area contributed by atoms with Crippen molar-refractivity contribution < 1.29 is 19.1 Å². The Bertz CT molecular complexity index is 1970. The summed E-state index contributed by atoms with van der Waals surface area (Å²) in [7, 11) is 0. The number of aromatic amines is 1. The Hall–Kier alpha value is -2.90. The number of fused-ring (bicyclic) bond motifs is 9. The lowest BCUT2D eigenvalue weighted by atomic mass is 9.68. The van der Waals surface area contributed by atoms with E-state index in [9.17, 15) is 19.2 Å². The number of imide groups is 1. The number of hydrogen-bond donors (Lipinski definition) is 2. The van der Waals surface area contributed by atoms with Crippen molar-refractivity contribution in [1.29, 1.82) is 0 Å². The molecule has 2 N–H and O–H groups in total. The van der Waals surface area contributed by atoms with Crippen molar-refractivity contribution in [3.63, 3.8) is 0 Å². The number of H-pyrrole nitrogens is 1. The topological polar surface area (TPSA) is 109 Å². The van der Waals surface area contributed by atoms with Crippen molar-refractivity contribution in [3.05, 3.63) is 101 Å². The summed E-state index contributed by atoms with van der Waals surface area (Å²) < 4.78 is 7.88. The minimum atomic E-state index is -0.426. The summed E-state index contributed by atoms with van der Waals surface area (Å²) in [6, 6.07) is 19.8. The van der Waals surface area contributed by atoms with Crippen LogP contribution >= 0.6 is 66.6 Å². The van der Waals surface area contributed by atoms with Crippen molar-refractivity contribution in [3.8, 4) is 5.75 Å². The normalized spacial score (nSPS) is 27.4. The first-order chi connectivity index (χ1) is 22.2. The third-order valence-electron chi connectivity index (χ3n) is 9.60. The lowest BCUT2D eigenvalue weighted by Gasteiger charge is -2.43. The van der Waals surface area contributed by atoms with E-state index in [4.69, 9.17) is 16.3 Å². The molecule has 46 heavy (non-hydrogen) atoms. The highest BCUT2D eigenvalue weighted by Crippen LogP contribution is 2.69. The molecule has 2 aliphatic heterocycles. The molecule has 3 amide bonds. The first kappa shape index (κ1) is 30.4. The maximum Gasteiger partial charge on any atom is 0.305 e. The molecular weight excluding hydrogens is 778 g/mol. The summed E-state index contributed by atoms with van der Waals surface area (Å²) in [4.78, 5) is 58.7. The molecule has 3 fully saturated rings. The van der Waals surface area contributed by atoms with Crippen LogP contribution in [0.2, 0.25) is 5.02 Å². The van der Waals surface area contributed by atoms with Crippen molar-refractivity contribution in [2.24, 2.45) is 29.6 Å². The molecule has 3 heterocycles. The van der Waals surface area contributed by atoms with E-state index in [0.29, 0.717) is 22.1 Å². The van der Waals surface area contributed by atoms with Gasteiger partial charge in [-0.2, -0.15) is 0 Å². The molecule has 0 spiro atoms. The number of thioether (sulfide) groups is 1. The van der Waals surface area contributed by atoms with E-state index in [0.717, 1.165) is 30.8 Å². The van der Waals surface area contributed by atoms with Crippen molar-refractivity contribution >= 4 is 95.7 Å². The van der Waals surface area contributed by atoms with Crippen LogP contribution in [-0.4, -0.2) is 34.6 Å². The van der Waals surface area contributed by atoms with Crippen LogP contribution < -0.4 is 19.8 Å². The van der Waals surface area contributed by atoms with Gasteiger partial charge in [-0.15, -0.1) is 11.8 Å². The molecule has 1 saturated heterocycles. The van der Waals surface area contributed by atoms with Crippen molar-refractivity contribution in [1.82, 2.24) is 4.98 Å². The number of carbonyl (C=O) groups is 3. The number of nitrogens with one attached hydrogen (secondary N) is 2. The van der Waals surface area contributed by atoms with Crippen LogP contribution in [0, 0.1) is 29.6 Å². The highest BCUT2D eigenvalue weighted by Gasteiger charge is 2.69. The summed E-state index contributed by atoms with van der Waals surface area (Å²) >= 11 is 15.9. The van der Waals surface area contributed by atoms with Gasteiger partial charge in [0.1, 0.15) is 5.75 Å². The number of hydrogen-bond acceptors (Lipinski definition) is 7. The predicted molar refractivity (Wildman–Crippen MR) is 185 cm³/mol. The number of rotatable bonds is 6. The van der Waals surface area contributed by atoms with Gasteiger partial charge in [0.25, 0.3) is 5.91 Å². The number of halogens is 3. The molecule has 4 aromatic rings. The molecule has 2 aliphatic carbocycles. The number of amides is 3. The van der Waals surface area contributed by atoms with Gasteiger partial charge in [0.2, 0.25) is 11.8 Å². The zero-order valence-electron chi connectivity index (χ0n) is 23.7. The first-order valence-electron chi connectivity index (χ1n) is 14.7. The zero-order chi connectivity index (χ0) is 31.9. The Balaban J connectivity index is 1.14. The second-order valence-electron chi connectivity index (χ2n) is 12.0. The summed E-state index contributed by atoms with van der Waals surface area (Å²) in [5.41, 5.74) is 2.03. The monoisotopic (exact) mass is 799 g/mol. The molecule has 3 aromatic carbocycles. The Morgan fingerprint density at radius 2 is 1.65 bits per heavy atom. The molecule has 8 rings (SSSR count). The van der Waals surface area contributed by atoms with Crippen LogP contribution in [0.3, 0.4) is 0 Å². The van der Waals surface area contributed by atoms with Crippen LogP contribution in [0.15, 0.2) is 85.5 Å². The van der Waals surface area contributed by atoms with E-state index in [-0.39, 0.29) is 58.1 Å². The number of ether oxygens (including phenoxy) is 1. The molecule has 13 heteroatoms. The summed E-state index contributed by atoms with van der Waals surface area (Å²) in [6.07, 6.45) is 0.771. The standard InChI is InChI=1S/C33H24Br2ClN3O5S2/c34-14-1-8-18(9-2-14)39-31(41)26-20-12-21(27(26)32(39)42)28-25(20)24(29-30(45-28)38-33(43)46-29)19-11-15(35)3-10-22(19)44-13-23(40)37-17-6-4-16(36)5-7-17/h1-11,20-21,24-28H,12-13H2,(H,37,40)(H,38,43)/t20-,21-,24-,25?,26?,27?,28?/m1/s1. The Morgan fingerprint density at radius 3 is 2.39 bits per heavy atom. The van der Waals surface area contributed by atoms with Crippen molar-refractivity contribution in [2.75, 3.05) is 16.8 Å². The van der Waals surface area contributed by atoms with Gasteiger partial charge in [-0.3, -0.25) is 24.1 Å². The van der Waals surface area contributed by atoms with Crippen LogP contribution in [0.25, 0.3) is 0 Å². The van der Waals surface area contributed by atoms with Gasteiger partial charge in [-0.05, 0) is 90.9 Å². The van der Waals surface area contributed by atoms with E-state index in [1.54, 1.807) is 48.2 Å². The highest BCUT2D eigenvalue weighted by molar-refractivity contribution is 9.10. The second-order valence-corrected chi connectivity index (χ2v) is 16.4. The molecule has 1 aromatic heterocycles. The van der Waals surface area contributed by atoms with Gasteiger partial charge in [-0.25, -0.2) is 0 Å². The van der Waals surface area contributed by atoms with E-state index < -0.39 is 11.8 Å². The van der Waals surface area contributed by atoms with E-state index in [2.05, 4.69) is 42.2 Å². The largest absolute Gasteiger partial charge is 0.483 e. The van der Waals surface area contributed by atoms with Crippen LogP contribution in [0.1, 0.15) is 22.8 Å². The Labute approximate surface area is 293 Å². The number of carbonyl (C=O) groups excluding carboxylic acids is 3. The Morgan fingerprint density at radius 1 is 0.957 bits per heavy atom.